The van der Waals surface area contributed by atoms with E-state index >= 15 is 0 Å². The van der Waals surface area contributed by atoms with Crippen LogP contribution in [0.15, 0.2) is 0 Å². The Hall–Kier alpha value is -1.10. The molecule has 5 nitrogen and oxygen atoms in total. The Balaban J connectivity index is 2.43. The fourth-order valence-electron chi connectivity index (χ4n) is 1.86. The lowest BCUT2D eigenvalue weighted by molar-refractivity contribution is -0.148. The zero-order valence-electron chi connectivity index (χ0n) is 10.6. The quantitative estimate of drug-likeness (QED) is 0.660. The summed E-state index contributed by atoms with van der Waals surface area (Å²) in [5.41, 5.74) is -0.859. The molecule has 1 rings (SSSR count). The summed E-state index contributed by atoms with van der Waals surface area (Å²) in [4.78, 5) is 22.9. The Labute approximate surface area is 102 Å². The van der Waals surface area contributed by atoms with Crippen molar-refractivity contribution in [2.45, 2.75) is 33.1 Å². The number of carbonyl (C=O) groups excluding carboxylic acids is 1. The van der Waals surface area contributed by atoms with E-state index in [1.165, 1.54) is 0 Å². The summed E-state index contributed by atoms with van der Waals surface area (Å²) < 4.78 is 0. The van der Waals surface area contributed by atoms with E-state index in [9.17, 15) is 9.59 Å². The minimum atomic E-state index is -0.859. The predicted molar refractivity (Wildman–Crippen MR) is 64.6 cm³/mol. The second-order valence-electron chi connectivity index (χ2n) is 4.96. The highest BCUT2D eigenvalue weighted by atomic mass is 16.4. The maximum atomic E-state index is 11.9. The minimum Gasteiger partial charge on any atom is -0.481 e. The second-order valence-corrected chi connectivity index (χ2v) is 4.96. The van der Waals surface area contributed by atoms with Crippen molar-refractivity contribution in [1.29, 1.82) is 0 Å². The summed E-state index contributed by atoms with van der Waals surface area (Å²) in [6.07, 6.45) is 2.18. The van der Waals surface area contributed by atoms with Gasteiger partial charge in [-0.25, -0.2) is 0 Å². The van der Waals surface area contributed by atoms with Crippen molar-refractivity contribution in [3.05, 3.63) is 0 Å². The van der Waals surface area contributed by atoms with Crippen LogP contribution in [0.2, 0.25) is 0 Å². The van der Waals surface area contributed by atoms with E-state index in [1.807, 2.05) is 6.92 Å². The van der Waals surface area contributed by atoms with Gasteiger partial charge >= 0.3 is 5.97 Å². The maximum Gasteiger partial charge on any atom is 0.311 e. The van der Waals surface area contributed by atoms with Crippen LogP contribution < -0.4 is 10.6 Å². The molecule has 0 radical (unpaired) electrons. The Kier molecular flexibility index (Phi) is 4.93. The molecule has 3 N–H and O–H groups in total. The van der Waals surface area contributed by atoms with Crippen LogP contribution in [0.3, 0.4) is 0 Å². The first-order valence-corrected chi connectivity index (χ1v) is 6.21. The molecule has 1 heterocycles. The SMILES string of the molecule is CCC(C)(CNC(=O)C1CCNCC1)C(=O)O. The van der Waals surface area contributed by atoms with Crippen LogP contribution in [0.4, 0.5) is 0 Å². The van der Waals surface area contributed by atoms with Crippen LogP contribution >= 0.6 is 0 Å². The summed E-state index contributed by atoms with van der Waals surface area (Å²) in [6, 6.07) is 0. The topological polar surface area (TPSA) is 78.4 Å². The molecule has 98 valence electrons. The van der Waals surface area contributed by atoms with E-state index in [0.717, 1.165) is 25.9 Å². The van der Waals surface area contributed by atoms with Gasteiger partial charge in [-0.05, 0) is 39.3 Å². The van der Waals surface area contributed by atoms with Crippen molar-refractivity contribution in [3.63, 3.8) is 0 Å². The van der Waals surface area contributed by atoms with Crippen molar-refractivity contribution in [2.75, 3.05) is 19.6 Å². The Morgan fingerprint density at radius 2 is 2.00 bits per heavy atom. The molecule has 0 spiro atoms. The molecule has 5 heteroatoms. The van der Waals surface area contributed by atoms with Crippen molar-refractivity contribution >= 4 is 11.9 Å². The van der Waals surface area contributed by atoms with E-state index in [-0.39, 0.29) is 18.4 Å². The van der Waals surface area contributed by atoms with Gasteiger partial charge in [-0.2, -0.15) is 0 Å². The first-order valence-electron chi connectivity index (χ1n) is 6.21. The monoisotopic (exact) mass is 242 g/mol. The van der Waals surface area contributed by atoms with Gasteiger partial charge in [-0.15, -0.1) is 0 Å². The molecule has 1 unspecified atom stereocenters. The van der Waals surface area contributed by atoms with Crippen LogP contribution in [0, 0.1) is 11.3 Å². The second kappa shape index (κ2) is 6.00. The number of rotatable bonds is 5. The van der Waals surface area contributed by atoms with Crippen LogP contribution in [0.5, 0.6) is 0 Å². The van der Waals surface area contributed by atoms with Gasteiger partial charge in [0, 0.05) is 12.5 Å². The summed E-state index contributed by atoms with van der Waals surface area (Å²) in [5, 5.41) is 15.1. The average molecular weight is 242 g/mol. The van der Waals surface area contributed by atoms with Gasteiger partial charge in [0.15, 0.2) is 0 Å². The summed E-state index contributed by atoms with van der Waals surface area (Å²) >= 11 is 0. The lowest BCUT2D eigenvalue weighted by Crippen LogP contribution is -2.44. The number of carboxylic acids is 1. The number of piperidine rings is 1. The highest BCUT2D eigenvalue weighted by molar-refractivity contribution is 5.80. The van der Waals surface area contributed by atoms with Crippen LogP contribution in [0.1, 0.15) is 33.1 Å². The van der Waals surface area contributed by atoms with Crippen molar-refractivity contribution in [3.8, 4) is 0 Å². The standard InChI is InChI=1S/C12H22N2O3/c1-3-12(2,11(16)17)8-14-10(15)9-4-6-13-7-5-9/h9,13H,3-8H2,1-2H3,(H,14,15)(H,16,17). The van der Waals surface area contributed by atoms with Gasteiger partial charge in [-0.1, -0.05) is 6.92 Å². The van der Waals surface area contributed by atoms with E-state index in [0.29, 0.717) is 6.42 Å². The number of carbonyl (C=O) groups is 2. The summed E-state index contributed by atoms with van der Waals surface area (Å²) in [7, 11) is 0. The molecule has 0 aromatic carbocycles. The van der Waals surface area contributed by atoms with Gasteiger partial charge < -0.3 is 15.7 Å². The molecular formula is C12H22N2O3. The fraction of sp³-hybridized carbons (Fsp3) is 0.833. The lowest BCUT2D eigenvalue weighted by atomic mass is 9.87. The zero-order valence-corrected chi connectivity index (χ0v) is 10.6. The van der Waals surface area contributed by atoms with Crippen molar-refractivity contribution < 1.29 is 14.7 Å². The normalized spacial score (nSPS) is 20.6. The van der Waals surface area contributed by atoms with Crippen molar-refractivity contribution in [1.82, 2.24) is 10.6 Å². The first kappa shape index (κ1) is 14.0. The first-order chi connectivity index (χ1) is 7.99. The number of hydrogen-bond acceptors (Lipinski definition) is 3. The molecule has 1 aliphatic heterocycles. The number of amides is 1. The molecule has 1 aliphatic rings. The minimum absolute atomic E-state index is 0.00701. The van der Waals surface area contributed by atoms with Gasteiger partial charge in [0.25, 0.3) is 0 Å². The van der Waals surface area contributed by atoms with Crippen LogP contribution in [0.25, 0.3) is 0 Å². The Morgan fingerprint density at radius 1 is 1.41 bits per heavy atom. The molecule has 0 aromatic heterocycles. The van der Waals surface area contributed by atoms with Gasteiger partial charge in [-0.3, -0.25) is 9.59 Å². The van der Waals surface area contributed by atoms with Gasteiger partial charge in [0.1, 0.15) is 0 Å². The zero-order chi connectivity index (χ0) is 12.9. The number of nitrogens with one attached hydrogen (secondary N) is 2. The van der Waals surface area contributed by atoms with Crippen LogP contribution in [-0.2, 0) is 9.59 Å². The highest BCUT2D eigenvalue weighted by Gasteiger charge is 2.32. The smallest absolute Gasteiger partial charge is 0.311 e. The number of aliphatic carboxylic acids is 1. The van der Waals surface area contributed by atoms with Crippen LogP contribution in [-0.4, -0.2) is 36.6 Å². The Bertz CT molecular complexity index is 287. The van der Waals surface area contributed by atoms with E-state index in [2.05, 4.69) is 10.6 Å². The predicted octanol–water partition coefficient (Wildman–Crippen LogP) is 0.603. The Morgan fingerprint density at radius 3 is 2.47 bits per heavy atom. The largest absolute Gasteiger partial charge is 0.481 e. The molecule has 1 atom stereocenters. The third-order valence-electron chi connectivity index (χ3n) is 3.66. The average Bonchev–Trinajstić information content (AvgIpc) is 2.36. The molecule has 1 amide bonds. The molecule has 0 saturated carbocycles. The summed E-state index contributed by atoms with van der Waals surface area (Å²) in [5.74, 6) is -0.829. The van der Waals surface area contributed by atoms with Gasteiger partial charge in [0.05, 0.1) is 5.41 Å². The molecule has 0 aromatic rings. The van der Waals surface area contributed by atoms with E-state index in [4.69, 9.17) is 5.11 Å². The third kappa shape index (κ3) is 3.70. The van der Waals surface area contributed by atoms with Gasteiger partial charge in [0.2, 0.25) is 5.91 Å². The number of carboxylic acid groups (broad SMARTS) is 1. The highest BCUT2D eigenvalue weighted by Crippen LogP contribution is 2.20. The lowest BCUT2D eigenvalue weighted by Gasteiger charge is -2.26. The molecule has 0 bridgehead atoms. The third-order valence-corrected chi connectivity index (χ3v) is 3.66. The molecule has 17 heavy (non-hydrogen) atoms. The fourth-order valence-corrected chi connectivity index (χ4v) is 1.86. The molecule has 1 fully saturated rings. The molecular weight excluding hydrogens is 220 g/mol. The molecule has 0 aliphatic carbocycles. The molecule has 1 saturated heterocycles. The maximum absolute atomic E-state index is 11.9. The summed E-state index contributed by atoms with van der Waals surface area (Å²) in [6.45, 7) is 5.43. The number of hydrogen-bond donors (Lipinski definition) is 3. The van der Waals surface area contributed by atoms with E-state index < -0.39 is 11.4 Å². The van der Waals surface area contributed by atoms with E-state index in [1.54, 1.807) is 6.92 Å². The van der Waals surface area contributed by atoms with Crippen molar-refractivity contribution in [2.24, 2.45) is 11.3 Å².